The molecule has 2 aliphatic rings. The lowest BCUT2D eigenvalue weighted by Gasteiger charge is -2.51. The van der Waals surface area contributed by atoms with E-state index in [0.717, 1.165) is 6.42 Å². The first-order valence-corrected chi connectivity index (χ1v) is 19.4. The van der Waals surface area contributed by atoms with E-state index in [-0.39, 0.29) is 34.0 Å². The van der Waals surface area contributed by atoms with E-state index >= 15 is 0 Å². The maximum absolute atomic E-state index is 12.6. The van der Waals surface area contributed by atoms with Gasteiger partial charge in [0.2, 0.25) is 0 Å². The summed E-state index contributed by atoms with van der Waals surface area (Å²) in [5.41, 5.74) is 1.03. The summed E-state index contributed by atoms with van der Waals surface area (Å²) in [5, 5.41) is 0.313. The molecule has 5 heteroatoms. The van der Waals surface area contributed by atoms with Gasteiger partial charge in [-0.3, -0.25) is 4.79 Å². The fourth-order valence-electron chi connectivity index (χ4n) is 4.93. The van der Waals surface area contributed by atoms with Crippen LogP contribution in [-0.2, 0) is 13.6 Å². The summed E-state index contributed by atoms with van der Waals surface area (Å²) in [5.74, 6) is 0.146. The third-order valence-electron chi connectivity index (χ3n) is 9.52. The Morgan fingerprint density at radius 2 is 1.62 bits per heavy atom. The predicted octanol–water partition coefficient (Wildman–Crippen LogP) is 8.83. The highest BCUT2D eigenvalue weighted by atomic mass is 28.4. The average molecular weight is 507 g/mol. The molecule has 2 rings (SSSR count). The van der Waals surface area contributed by atoms with Gasteiger partial charge in [-0.1, -0.05) is 80.0 Å². The molecule has 1 unspecified atom stereocenters. The Bertz CT molecular complexity index is 763. The molecule has 0 spiro atoms. The van der Waals surface area contributed by atoms with Crippen LogP contribution in [0.15, 0.2) is 24.3 Å². The van der Waals surface area contributed by atoms with Crippen LogP contribution in [0.2, 0.25) is 36.3 Å². The molecule has 2 saturated carbocycles. The number of Topliss-reactive ketones (excluding diaryl/α,β-unsaturated/α-hetero) is 1. The van der Waals surface area contributed by atoms with Gasteiger partial charge in [-0.15, -0.1) is 0 Å². The minimum absolute atomic E-state index is 0.0151. The molecule has 0 radical (unpaired) electrons. The minimum Gasteiger partial charge on any atom is -0.413 e. The van der Waals surface area contributed by atoms with Crippen molar-refractivity contribution in [1.82, 2.24) is 0 Å². The van der Waals surface area contributed by atoms with Gasteiger partial charge in [-0.25, -0.2) is 0 Å². The Labute approximate surface area is 213 Å². The molecular formula is C29H54O3Si2. The van der Waals surface area contributed by atoms with E-state index in [2.05, 4.69) is 93.4 Å². The number of rotatable bonds is 10. The van der Waals surface area contributed by atoms with Crippen LogP contribution < -0.4 is 0 Å². The minimum atomic E-state index is -1.97. The second kappa shape index (κ2) is 10.5. The van der Waals surface area contributed by atoms with Crippen molar-refractivity contribution in [2.75, 3.05) is 0 Å². The topological polar surface area (TPSA) is 35.5 Å². The van der Waals surface area contributed by atoms with E-state index in [1.807, 2.05) is 0 Å². The first-order chi connectivity index (χ1) is 15.4. The molecule has 3 atom stereocenters. The molecule has 3 nitrogen and oxygen atoms in total. The molecule has 0 aromatic heterocycles. The molecule has 0 saturated heterocycles. The number of ketones is 1. The lowest BCUT2D eigenvalue weighted by molar-refractivity contribution is -0.115. The normalized spacial score (nSPS) is 25.1. The Balaban J connectivity index is 2.24. The number of carbonyl (C=O) groups is 1. The molecule has 196 valence electrons. The largest absolute Gasteiger partial charge is 0.413 e. The van der Waals surface area contributed by atoms with Crippen LogP contribution in [0, 0.1) is 11.3 Å². The van der Waals surface area contributed by atoms with Crippen LogP contribution in [0.4, 0.5) is 0 Å². The molecule has 0 bridgehead atoms. The third-order valence-corrected chi connectivity index (χ3v) is 18.5. The van der Waals surface area contributed by atoms with Crippen molar-refractivity contribution in [2.24, 2.45) is 11.3 Å². The smallest absolute Gasteiger partial charge is 0.192 e. The second-order valence-corrected chi connectivity index (χ2v) is 23.6. The zero-order valence-corrected chi connectivity index (χ0v) is 26.3. The molecule has 34 heavy (non-hydrogen) atoms. The Morgan fingerprint density at radius 1 is 1.06 bits per heavy atom. The van der Waals surface area contributed by atoms with Crippen LogP contribution in [0.3, 0.4) is 0 Å². The van der Waals surface area contributed by atoms with Gasteiger partial charge < -0.3 is 8.85 Å². The van der Waals surface area contributed by atoms with Crippen LogP contribution in [0.25, 0.3) is 0 Å². The van der Waals surface area contributed by atoms with Crippen molar-refractivity contribution in [3.05, 3.63) is 24.3 Å². The van der Waals surface area contributed by atoms with Crippen LogP contribution in [0.1, 0.15) is 93.4 Å². The maximum Gasteiger partial charge on any atom is 0.192 e. The summed E-state index contributed by atoms with van der Waals surface area (Å²) in [6, 6.07) is 0. The van der Waals surface area contributed by atoms with Gasteiger partial charge in [0.1, 0.15) is 0 Å². The molecule has 2 fully saturated rings. The molecule has 0 amide bonds. The van der Waals surface area contributed by atoms with Crippen molar-refractivity contribution < 1.29 is 13.6 Å². The van der Waals surface area contributed by atoms with Crippen LogP contribution in [0.5, 0.6) is 0 Å². The monoisotopic (exact) mass is 506 g/mol. The van der Waals surface area contributed by atoms with E-state index in [9.17, 15) is 4.79 Å². The van der Waals surface area contributed by atoms with Gasteiger partial charge in [0.05, 0.1) is 12.2 Å². The standard InChI is InChI=1S/C29H54O3Si2/c1-13-18-29(19-15-20-29)26(32-34(11,12)28(6,7)8)17-14-16-23-22(2)24(30)21-25(23)31-33(9,10)27(3,4)5/h14,16,23,25-26H,2,13,15,17-21H2,1,3-12H3/t23-,25+,26?/m0/s1. The highest BCUT2D eigenvalue weighted by Gasteiger charge is 2.48. The number of hydrogen-bond donors (Lipinski definition) is 0. The number of carbonyl (C=O) groups excluding carboxylic acids is 1. The zero-order valence-electron chi connectivity index (χ0n) is 24.3. The molecule has 0 heterocycles. The van der Waals surface area contributed by atoms with Crippen LogP contribution >= 0.6 is 0 Å². The van der Waals surface area contributed by atoms with E-state index in [4.69, 9.17) is 8.85 Å². The Hall–Kier alpha value is -0.496. The van der Waals surface area contributed by atoms with Gasteiger partial charge in [-0.05, 0) is 72.9 Å². The lowest BCUT2D eigenvalue weighted by atomic mass is 9.62. The third kappa shape index (κ3) is 6.43. The fourth-order valence-corrected chi connectivity index (χ4v) is 7.68. The van der Waals surface area contributed by atoms with Crippen molar-refractivity contribution >= 4 is 22.4 Å². The van der Waals surface area contributed by atoms with Crippen molar-refractivity contribution in [3.63, 3.8) is 0 Å². The molecule has 2 aliphatic carbocycles. The zero-order chi connectivity index (χ0) is 26.2. The first-order valence-electron chi connectivity index (χ1n) is 13.6. The molecule has 0 aromatic carbocycles. The Morgan fingerprint density at radius 3 is 2.06 bits per heavy atom. The van der Waals surface area contributed by atoms with E-state index in [0.29, 0.717) is 17.4 Å². The van der Waals surface area contributed by atoms with Crippen molar-refractivity contribution in [3.8, 4) is 0 Å². The predicted molar refractivity (Wildman–Crippen MR) is 151 cm³/mol. The van der Waals surface area contributed by atoms with Crippen LogP contribution in [-0.4, -0.2) is 34.6 Å². The van der Waals surface area contributed by atoms with Gasteiger partial charge in [0.15, 0.2) is 22.4 Å². The van der Waals surface area contributed by atoms with E-state index < -0.39 is 16.6 Å². The summed E-state index contributed by atoms with van der Waals surface area (Å²) >= 11 is 0. The number of hydrogen-bond acceptors (Lipinski definition) is 3. The molecule has 0 aliphatic heterocycles. The molecule has 0 N–H and O–H groups in total. The fraction of sp³-hybridized carbons (Fsp3) is 0.828. The van der Waals surface area contributed by atoms with E-state index in [1.165, 1.54) is 32.1 Å². The van der Waals surface area contributed by atoms with Gasteiger partial charge in [0.25, 0.3) is 0 Å². The van der Waals surface area contributed by atoms with Crippen molar-refractivity contribution in [2.45, 2.75) is 142 Å². The lowest BCUT2D eigenvalue weighted by Crippen LogP contribution is -2.51. The van der Waals surface area contributed by atoms with Gasteiger partial charge in [0, 0.05) is 12.3 Å². The van der Waals surface area contributed by atoms with Crippen molar-refractivity contribution in [1.29, 1.82) is 0 Å². The Kier molecular flexibility index (Phi) is 9.16. The highest BCUT2D eigenvalue weighted by molar-refractivity contribution is 6.74. The highest BCUT2D eigenvalue weighted by Crippen LogP contribution is 2.52. The first kappa shape index (κ1) is 29.7. The summed E-state index contributed by atoms with van der Waals surface area (Å²) < 4.78 is 13.8. The second-order valence-electron chi connectivity index (χ2n) is 14.1. The summed E-state index contributed by atoms with van der Waals surface area (Å²) in [4.78, 5) is 12.6. The van der Waals surface area contributed by atoms with E-state index in [1.54, 1.807) is 0 Å². The summed E-state index contributed by atoms with van der Waals surface area (Å²) in [7, 11) is -3.85. The maximum atomic E-state index is 12.6. The van der Waals surface area contributed by atoms with Gasteiger partial charge >= 0.3 is 0 Å². The molecule has 0 aromatic rings. The quantitative estimate of drug-likeness (QED) is 0.169. The summed E-state index contributed by atoms with van der Waals surface area (Å²) in [6.07, 6.45) is 12.4. The summed E-state index contributed by atoms with van der Waals surface area (Å²) in [6.45, 7) is 29.5. The average Bonchev–Trinajstić information content (AvgIpc) is 2.88. The van der Waals surface area contributed by atoms with Gasteiger partial charge in [-0.2, -0.15) is 0 Å². The molecular weight excluding hydrogens is 452 g/mol. The SMILES string of the molecule is C=C1C(=O)C[C@@H](O[Si](C)(C)C(C)(C)C)[C@H]1C=CCC(O[Si](C)(C)C(C)(C)C)C1(CCC)CCC1.